The average molecular weight is 181 g/mol. The zero-order valence-electron chi connectivity index (χ0n) is 7.70. The summed E-state index contributed by atoms with van der Waals surface area (Å²) < 4.78 is 0. The van der Waals surface area contributed by atoms with Gasteiger partial charge in [0.25, 0.3) is 0 Å². The fourth-order valence-electron chi connectivity index (χ4n) is 1.33. The molecule has 0 saturated carbocycles. The van der Waals surface area contributed by atoms with E-state index in [1.165, 1.54) is 0 Å². The highest BCUT2D eigenvalue weighted by molar-refractivity contribution is 5.39. The zero-order valence-corrected chi connectivity index (χ0v) is 7.70. The van der Waals surface area contributed by atoms with E-state index in [1.807, 2.05) is 6.92 Å². The monoisotopic (exact) mass is 181 g/mol. The highest BCUT2D eigenvalue weighted by Gasteiger charge is 2.08. The van der Waals surface area contributed by atoms with Gasteiger partial charge in [0.15, 0.2) is 0 Å². The van der Waals surface area contributed by atoms with E-state index in [0.717, 1.165) is 11.1 Å². The highest BCUT2D eigenvalue weighted by Crippen LogP contribution is 2.22. The molecule has 3 heteroatoms. The third kappa shape index (κ3) is 2.44. The van der Waals surface area contributed by atoms with Crippen LogP contribution in [0.4, 0.5) is 0 Å². The van der Waals surface area contributed by atoms with Gasteiger partial charge in [0.1, 0.15) is 5.75 Å². The fourth-order valence-corrected chi connectivity index (χ4v) is 1.33. The molecule has 0 saturated heterocycles. The Morgan fingerprint density at radius 2 is 2.15 bits per heavy atom. The molecule has 1 unspecified atom stereocenters. The van der Waals surface area contributed by atoms with E-state index in [-0.39, 0.29) is 18.4 Å². The van der Waals surface area contributed by atoms with Gasteiger partial charge in [-0.05, 0) is 25.0 Å². The van der Waals surface area contributed by atoms with Crippen LogP contribution < -0.4 is 5.73 Å². The molecule has 0 aliphatic heterocycles. The summed E-state index contributed by atoms with van der Waals surface area (Å²) in [4.78, 5) is 0. The van der Waals surface area contributed by atoms with E-state index in [4.69, 9.17) is 10.8 Å². The molecule has 13 heavy (non-hydrogen) atoms. The molecule has 0 amide bonds. The van der Waals surface area contributed by atoms with E-state index in [9.17, 15) is 5.11 Å². The third-order valence-electron chi connectivity index (χ3n) is 1.94. The maximum absolute atomic E-state index is 9.50. The summed E-state index contributed by atoms with van der Waals surface area (Å²) in [6.45, 7) is 1.81. The number of hydrogen-bond acceptors (Lipinski definition) is 3. The molecule has 72 valence electrons. The molecule has 4 N–H and O–H groups in total. The molecule has 0 aliphatic carbocycles. The number of nitrogens with two attached hydrogens (primary N) is 1. The van der Waals surface area contributed by atoms with Gasteiger partial charge in [0.2, 0.25) is 0 Å². The van der Waals surface area contributed by atoms with Gasteiger partial charge in [-0.3, -0.25) is 0 Å². The molecule has 0 aromatic heterocycles. The lowest BCUT2D eigenvalue weighted by Crippen LogP contribution is -2.18. The van der Waals surface area contributed by atoms with Crippen molar-refractivity contribution in [1.29, 1.82) is 0 Å². The molecule has 0 fully saturated rings. The summed E-state index contributed by atoms with van der Waals surface area (Å²) in [5.41, 5.74) is 7.12. The van der Waals surface area contributed by atoms with Crippen LogP contribution in [0.25, 0.3) is 0 Å². The topological polar surface area (TPSA) is 66.5 Å². The lowest BCUT2D eigenvalue weighted by atomic mass is 10.0. The number of aromatic hydroxyl groups is 1. The Balaban J connectivity index is 3.00. The molecular weight excluding hydrogens is 166 g/mol. The summed E-state index contributed by atoms with van der Waals surface area (Å²) in [6.07, 6.45) is 0.586. The van der Waals surface area contributed by atoms with Crippen molar-refractivity contribution >= 4 is 0 Å². The quantitative estimate of drug-likeness (QED) is 0.645. The predicted octanol–water partition coefficient (Wildman–Crippen LogP) is 0.774. The van der Waals surface area contributed by atoms with E-state index in [1.54, 1.807) is 18.2 Å². The van der Waals surface area contributed by atoms with Crippen LogP contribution in [0.5, 0.6) is 5.75 Å². The number of benzene rings is 1. The standard InChI is InChI=1S/C10H15NO2/c1-7(11)5-9-8(6-12)3-2-4-10(9)13/h2-4,7,12-13H,5-6,11H2,1H3. The van der Waals surface area contributed by atoms with Gasteiger partial charge in [-0.2, -0.15) is 0 Å². The Morgan fingerprint density at radius 3 is 2.69 bits per heavy atom. The van der Waals surface area contributed by atoms with Gasteiger partial charge in [-0.1, -0.05) is 12.1 Å². The minimum absolute atomic E-state index is 0.0152. The summed E-state index contributed by atoms with van der Waals surface area (Å²) in [5, 5.41) is 18.5. The predicted molar refractivity (Wildman–Crippen MR) is 51.4 cm³/mol. The van der Waals surface area contributed by atoms with E-state index < -0.39 is 0 Å². The zero-order chi connectivity index (χ0) is 9.84. The Kier molecular flexibility index (Phi) is 3.28. The second kappa shape index (κ2) is 4.25. The molecule has 0 radical (unpaired) electrons. The highest BCUT2D eigenvalue weighted by atomic mass is 16.3. The average Bonchev–Trinajstić information content (AvgIpc) is 2.08. The third-order valence-corrected chi connectivity index (χ3v) is 1.94. The molecule has 1 aromatic carbocycles. The van der Waals surface area contributed by atoms with Crippen LogP contribution in [0.3, 0.4) is 0 Å². The minimum atomic E-state index is -0.0591. The Bertz CT molecular complexity index is 284. The van der Waals surface area contributed by atoms with Crippen LogP contribution in [0.1, 0.15) is 18.1 Å². The van der Waals surface area contributed by atoms with Gasteiger partial charge in [0.05, 0.1) is 6.61 Å². The van der Waals surface area contributed by atoms with Crippen LogP contribution >= 0.6 is 0 Å². The normalized spacial score (nSPS) is 12.8. The maximum atomic E-state index is 9.50. The van der Waals surface area contributed by atoms with Crippen molar-refractivity contribution in [1.82, 2.24) is 0 Å². The Hall–Kier alpha value is -1.06. The van der Waals surface area contributed by atoms with Gasteiger partial charge < -0.3 is 15.9 Å². The summed E-state index contributed by atoms with van der Waals surface area (Å²) in [6, 6.07) is 5.10. The lowest BCUT2D eigenvalue weighted by Gasteiger charge is -2.11. The Labute approximate surface area is 77.8 Å². The van der Waals surface area contributed by atoms with Crippen LogP contribution in [-0.2, 0) is 13.0 Å². The van der Waals surface area contributed by atoms with Crippen molar-refractivity contribution in [3.63, 3.8) is 0 Å². The number of aliphatic hydroxyl groups is 1. The van der Waals surface area contributed by atoms with Crippen LogP contribution in [0.15, 0.2) is 18.2 Å². The van der Waals surface area contributed by atoms with Gasteiger partial charge in [-0.25, -0.2) is 0 Å². The molecule has 0 bridgehead atoms. The second-order valence-corrected chi connectivity index (χ2v) is 3.25. The van der Waals surface area contributed by atoms with E-state index in [2.05, 4.69) is 0 Å². The number of rotatable bonds is 3. The van der Waals surface area contributed by atoms with Crippen LogP contribution in [-0.4, -0.2) is 16.3 Å². The molecular formula is C10H15NO2. The molecule has 1 atom stereocenters. The van der Waals surface area contributed by atoms with E-state index >= 15 is 0 Å². The first-order valence-corrected chi connectivity index (χ1v) is 4.31. The summed E-state index contributed by atoms with van der Waals surface area (Å²) >= 11 is 0. The minimum Gasteiger partial charge on any atom is -0.508 e. The first kappa shape index (κ1) is 10.0. The molecule has 0 spiro atoms. The molecule has 3 nitrogen and oxygen atoms in total. The summed E-state index contributed by atoms with van der Waals surface area (Å²) in [5.74, 6) is 0.212. The molecule has 0 aliphatic rings. The maximum Gasteiger partial charge on any atom is 0.119 e. The van der Waals surface area contributed by atoms with Crippen molar-refractivity contribution in [2.24, 2.45) is 5.73 Å². The van der Waals surface area contributed by atoms with Crippen molar-refractivity contribution in [3.8, 4) is 5.75 Å². The first-order chi connectivity index (χ1) is 6.15. The van der Waals surface area contributed by atoms with Crippen molar-refractivity contribution in [3.05, 3.63) is 29.3 Å². The van der Waals surface area contributed by atoms with Gasteiger partial charge in [0, 0.05) is 11.6 Å². The number of aliphatic hydroxyl groups excluding tert-OH is 1. The van der Waals surface area contributed by atoms with Crippen molar-refractivity contribution in [2.45, 2.75) is 26.0 Å². The number of phenolic OH excluding ortho intramolecular Hbond substituents is 1. The van der Waals surface area contributed by atoms with Crippen LogP contribution in [0.2, 0.25) is 0 Å². The number of phenols is 1. The molecule has 1 rings (SSSR count). The summed E-state index contributed by atoms with van der Waals surface area (Å²) in [7, 11) is 0. The van der Waals surface area contributed by atoms with Gasteiger partial charge in [-0.15, -0.1) is 0 Å². The fraction of sp³-hybridized carbons (Fsp3) is 0.400. The lowest BCUT2D eigenvalue weighted by molar-refractivity contribution is 0.279. The first-order valence-electron chi connectivity index (χ1n) is 4.31. The van der Waals surface area contributed by atoms with Crippen molar-refractivity contribution in [2.75, 3.05) is 0 Å². The second-order valence-electron chi connectivity index (χ2n) is 3.25. The van der Waals surface area contributed by atoms with Gasteiger partial charge >= 0.3 is 0 Å². The van der Waals surface area contributed by atoms with Crippen molar-refractivity contribution < 1.29 is 10.2 Å². The molecule has 1 aromatic rings. The Morgan fingerprint density at radius 1 is 1.46 bits per heavy atom. The SMILES string of the molecule is CC(N)Cc1c(O)cccc1CO. The molecule has 0 heterocycles. The smallest absolute Gasteiger partial charge is 0.119 e. The van der Waals surface area contributed by atoms with Crippen LogP contribution in [0, 0.1) is 0 Å². The number of hydrogen-bond donors (Lipinski definition) is 3. The largest absolute Gasteiger partial charge is 0.508 e. The van der Waals surface area contributed by atoms with E-state index in [0.29, 0.717) is 6.42 Å².